The molecule has 120 valence electrons. The smallest absolute Gasteiger partial charge is 0.326 e. The Balaban J connectivity index is 1.87. The van der Waals surface area contributed by atoms with Crippen molar-refractivity contribution in [2.75, 3.05) is 0 Å². The molecule has 0 bridgehead atoms. The van der Waals surface area contributed by atoms with Gasteiger partial charge in [0, 0.05) is 12.8 Å². The number of rotatable bonds is 6. The molecular formula is C18H25NO3. The van der Waals surface area contributed by atoms with Gasteiger partial charge in [-0.3, -0.25) is 4.79 Å². The summed E-state index contributed by atoms with van der Waals surface area (Å²) >= 11 is 0. The van der Waals surface area contributed by atoms with E-state index in [-0.39, 0.29) is 5.91 Å². The maximum absolute atomic E-state index is 12.1. The molecule has 0 radical (unpaired) electrons. The van der Waals surface area contributed by atoms with Gasteiger partial charge in [-0.25, -0.2) is 4.79 Å². The van der Waals surface area contributed by atoms with Crippen LogP contribution in [0.3, 0.4) is 0 Å². The second-order valence-electron chi connectivity index (χ2n) is 6.49. The fourth-order valence-corrected chi connectivity index (χ4v) is 3.31. The van der Waals surface area contributed by atoms with Crippen molar-refractivity contribution in [3.63, 3.8) is 0 Å². The lowest BCUT2D eigenvalue weighted by Gasteiger charge is -2.26. The first-order chi connectivity index (χ1) is 10.5. The third-order valence-corrected chi connectivity index (χ3v) is 4.44. The largest absolute Gasteiger partial charge is 0.480 e. The van der Waals surface area contributed by atoms with Crippen molar-refractivity contribution in [1.29, 1.82) is 0 Å². The van der Waals surface area contributed by atoms with Gasteiger partial charge in [-0.05, 0) is 30.2 Å². The topological polar surface area (TPSA) is 66.4 Å². The van der Waals surface area contributed by atoms with Crippen LogP contribution in [0.15, 0.2) is 30.3 Å². The lowest BCUT2D eigenvalue weighted by atomic mass is 9.80. The Morgan fingerprint density at radius 1 is 1.27 bits per heavy atom. The van der Waals surface area contributed by atoms with Crippen molar-refractivity contribution < 1.29 is 14.7 Å². The molecule has 1 aliphatic rings. The minimum Gasteiger partial charge on any atom is -0.480 e. The van der Waals surface area contributed by atoms with Crippen LogP contribution in [-0.4, -0.2) is 23.0 Å². The predicted molar refractivity (Wildman–Crippen MR) is 85.5 cm³/mol. The monoisotopic (exact) mass is 303 g/mol. The summed E-state index contributed by atoms with van der Waals surface area (Å²) in [6.45, 7) is 2.22. The molecule has 2 rings (SSSR count). The number of aliphatic carboxylic acids is 1. The van der Waals surface area contributed by atoms with E-state index in [9.17, 15) is 14.7 Å². The number of carboxylic acid groups (broad SMARTS) is 1. The van der Waals surface area contributed by atoms with E-state index in [1.54, 1.807) is 0 Å². The fourth-order valence-electron chi connectivity index (χ4n) is 3.31. The highest BCUT2D eigenvalue weighted by Crippen LogP contribution is 2.30. The summed E-state index contributed by atoms with van der Waals surface area (Å²) in [6.07, 6.45) is 5.33. The quantitative estimate of drug-likeness (QED) is 0.849. The summed E-state index contributed by atoms with van der Waals surface area (Å²) in [7, 11) is 0. The summed E-state index contributed by atoms with van der Waals surface area (Å²) in [5, 5.41) is 12.0. The molecule has 0 saturated heterocycles. The Hall–Kier alpha value is -1.84. The van der Waals surface area contributed by atoms with Gasteiger partial charge in [0.25, 0.3) is 0 Å². The Morgan fingerprint density at radius 2 is 2.00 bits per heavy atom. The van der Waals surface area contributed by atoms with Gasteiger partial charge in [-0.2, -0.15) is 0 Å². The SMILES string of the molecule is CC1CCCC(CC(=O)N[C@H](Cc2ccccc2)C(=O)O)C1. The third-order valence-electron chi connectivity index (χ3n) is 4.44. The first-order valence-electron chi connectivity index (χ1n) is 8.10. The molecule has 22 heavy (non-hydrogen) atoms. The van der Waals surface area contributed by atoms with Crippen LogP contribution in [0.2, 0.25) is 0 Å². The number of hydrogen-bond donors (Lipinski definition) is 2. The summed E-state index contributed by atoms with van der Waals surface area (Å²) in [6, 6.07) is 8.55. The van der Waals surface area contributed by atoms with Crippen molar-refractivity contribution in [2.24, 2.45) is 11.8 Å². The molecule has 4 heteroatoms. The lowest BCUT2D eigenvalue weighted by molar-refractivity contribution is -0.142. The number of benzene rings is 1. The van der Waals surface area contributed by atoms with Crippen molar-refractivity contribution >= 4 is 11.9 Å². The molecule has 1 fully saturated rings. The lowest BCUT2D eigenvalue weighted by Crippen LogP contribution is -2.43. The Kier molecular flexibility index (Phi) is 5.99. The second kappa shape index (κ2) is 7.97. The highest BCUT2D eigenvalue weighted by Gasteiger charge is 2.24. The highest BCUT2D eigenvalue weighted by atomic mass is 16.4. The molecule has 0 spiro atoms. The summed E-state index contributed by atoms with van der Waals surface area (Å²) in [5.74, 6) is -0.0438. The Labute approximate surface area is 131 Å². The van der Waals surface area contributed by atoms with Gasteiger partial charge in [0.1, 0.15) is 6.04 Å². The minimum atomic E-state index is -0.978. The first kappa shape index (κ1) is 16.5. The number of amides is 1. The third kappa shape index (κ3) is 5.17. The summed E-state index contributed by atoms with van der Waals surface area (Å²) in [5.41, 5.74) is 0.918. The van der Waals surface area contributed by atoms with Crippen molar-refractivity contribution in [3.8, 4) is 0 Å². The molecule has 1 amide bonds. The molecular weight excluding hydrogens is 278 g/mol. The van der Waals surface area contributed by atoms with Gasteiger partial charge >= 0.3 is 5.97 Å². The average molecular weight is 303 g/mol. The van der Waals surface area contributed by atoms with Crippen LogP contribution in [0, 0.1) is 11.8 Å². The number of carbonyl (C=O) groups is 2. The van der Waals surface area contributed by atoms with E-state index in [0.717, 1.165) is 18.4 Å². The van der Waals surface area contributed by atoms with Crippen LogP contribution < -0.4 is 5.32 Å². The van der Waals surface area contributed by atoms with Gasteiger partial charge in [0.05, 0.1) is 0 Å². The summed E-state index contributed by atoms with van der Waals surface area (Å²) in [4.78, 5) is 23.5. The van der Waals surface area contributed by atoms with E-state index in [4.69, 9.17) is 0 Å². The maximum Gasteiger partial charge on any atom is 0.326 e. The minimum absolute atomic E-state index is 0.137. The van der Waals surface area contributed by atoms with E-state index < -0.39 is 12.0 Å². The van der Waals surface area contributed by atoms with Crippen LogP contribution in [0.1, 0.15) is 44.6 Å². The van der Waals surface area contributed by atoms with E-state index in [1.165, 1.54) is 12.8 Å². The Bertz CT molecular complexity index is 500. The molecule has 0 aromatic heterocycles. The van der Waals surface area contributed by atoms with Crippen LogP contribution in [0.5, 0.6) is 0 Å². The van der Waals surface area contributed by atoms with Crippen LogP contribution in [0.4, 0.5) is 0 Å². The molecule has 1 aromatic carbocycles. The molecule has 1 saturated carbocycles. The van der Waals surface area contributed by atoms with E-state index in [0.29, 0.717) is 24.7 Å². The number of carbonyl (C=O) groups excluding carboxylic acids is 1. The molecule has 0 aliphatic heterocycles. The zero-order valence-electron chi connectivity index (χ0n) is 13.1. The second-order valence-corrected chi connectivity index (χ2v) is 6.49. The van der Waals surface area contributed by atoms with Crippen LogP contribution in [0.25, 0.3) is 0 Å². The van der Waals surface area contributed by atoms with E-state index >= 15 is 0 Å². The number of nitrogens with one attached hydrogen (secondary N) is 1. The number of hydrogen-bond acceptors (Lipinski definition) is 2. The molecule has 4 nitrogen and oxygen atoms in total. The van der Waals surface area contributed by atoms with Gasteiger partial charge in [-0.15, -0.1) is 0 Å². The molecule has 2 unspecified atom stereocenters. The first-order valence-corrected chi connectivity index (χ1v) is 8.10. The maximum atomic E-state index is 12.1. The van der Waals surface area contributed by atoms with Gasteiger partial charge < -0.3 is 10.4 Å². The van der Waals surface area contributed by atoms with E-state index in [1.807, 2.05) is 30.3 Å². The Morgan fingerprint density at radius 3 is 2.64 bits per heavy atom. The average Bonchev–Trinajstić information content (AvgIpc) is 2.47. The molecule has 0 heterocycles. The van der Waals surface area contributed by atoms with E-state index in [2.05, 4.69) is 12.2 Å². The molecule has 2 N–H and O–H groups in total. The predicted octanol–water partition coefficient (Wildman–Crippen LogP) is 3.01. The van der Waals surface area contributed by atoms with Crippen molar-refractivity contribution in [3.05, 3.63) is 35.9 Å². The summed E-state index contributed by atoms with van der Waals surface area (Å²) < 4.78 is 0. The zero-order chi connectivity index (χ0) is 15.9. The standard InChI is InChI=1S/C18H25NO3/c1-13-6-5-9-15(10-13)12-17(20)19-16(18(21)22)11-14-7-3-2-4-8-14/h2-4,7-8,13,15-16H,5-6,9-12H2,1H3,(H,19,20)(H,21,22)/t13?,15?,16-/m1/s1. The van der Waals surface area contributed by atoms with Crippen LogP contribution >= 0.6 is 0 Å². The van der Waals surface area contributed by atoms with Gasteiger partial charge in [-0.1, -0.05) is 50.1 Å². The van der Waals surface area contributed by atoms with Gasteiger partial charge in [0.15, 0.2) is 0 Å². The fraction of sp³-hybridized carbons (Fsp3) is 0.556. The molecule has 1 aliphatic carbocycles. The van der Waals surface area contributed by atoms with Crippen LogP contribution in [-0.2, 0) is 16.0 Å². The van der Waals surface area contributed by atoms with Crippen molar-refractivity contribution in [1.82, 2.24) is 5.32 Å². The number of carboxylic acids is 1. The normalized spacial score (nSPS) is 22.8. The molecule has 3 atom stereocenters. The van der Waals surface area contributed by atoms with Gasteiger partial charge in [0.2, 0.25) is 5.91 Å². The molecule has 1 aromatic rings. The highest BCUT2D eigenvalue weighted by molar-refractivity contribution is 5.83. The van der Waals surface area contributed by atoms with Crippen molar-refractivity contribution in [2.45, 2.75) is 51.5 Å². The zero-order valence-corrected chi connectivity index (χ0v) is 13.1.